The molecule has 1 aromatic carbocycles. The van der Waals surface area contributed by atoms with Crippen LogP contribution in [0.5, 0.6) is 0 Å². The van der Waals surface area contributed by atoms with Crippen LogP contribution in [0.1, 0.15) is 6.92 Å². The summed E-state index contributed by atoms with van der Waals surface area (Å²) in [4.78, 5) is 11.3. The van der Waals surface area contributed by atoms with Gasteiger partial charge in [0, 0.05) is 10.9 Å². The minimum atomic E-state index is -0.521. The van der Waals surface area contributed by atoms with E-state index in [-0.39, 0.29) is 11.1 Å². The maximum absolute atomic E-state index is 12.6. The largest absolute Gasteiger partial charge is 0.448 e. The molecule has 88 valence electrons. The molecule has 0 bridgehead atoms. The van der Waals surface area contributed by atoms with Crippen molar-refractivity contribution >= 4 is 23.5 Å². The number of carbonyl (C=O) groups excluding carboxylic acids is 1. The molecule has 1 amide bonds. The highest BCUT2D eigenvalue weighted by Crippen LogP contribution is 2.09. The Labute approximate surface area is 98.4 Å². The van der Waals surface area contributed by atoms with E-state index in [0.29, 0.717) is 12.3 Å². The Morgan fingerprint density at radius 3 is 2.69 bits per heavy atom. The van der Waals surface area contributed by atoms with E-state index >= 15 is 0 Å². The third-order valence-electron chi connectivity index (χ3n) is 1.94. The summed E-state index contributed by atoms with van der Waals surface area (Å²) in [5.41, 5.74) is 0.517. The Morgan fingerprint density at radius 1 is 1.50 bits per heavy atom. The first kappa shape index (κ1) is 12.8. The minimum Gasteiger partial charge on any atom is -0.448 e. The Bertz CT molecular complexity index is 342. The van der Waals surface area contributed by atoms with E-state index in [9.17, 15) is 9.18 Å². The van der Waals surface area contributed by atoms with Gasteiger partial charge in [-0.1, -0.05) is 6.92 Å². The number of anilines is 1. The Morgan fingerprint density at radius 2 is 2.12 bits per heavy atom. The Kier molecular flexibility index (Phi) is 5.11. The normalized spacial score (nSPS) is 11.9. The molecule has 16 heavy (non-hydrogen) atoms. The summed E-state index contributed by atoms with van der Waals surface area (Å²) in [6, 6.07) is 5.52. The molecule has 0 aromatic heterocycles. The summed E-state index contributed by atoms with van der Waals surface area (Å²) in [5, 5.41) is 2.77. The Hall–Kier alpha value is -1.23. The minimum absolute atomic E-state index is 0.263. The van der Waals surface area contributed by atoms with Crippen molar-refractivity contribution in [3.8, 4) is 0 Å². The maximum atomic E-state index is 12.6. The zero-order chi connectivity index (χ0) is 12.0. The summed E-state index contributed by atoms with van der Waals surface area (Å²) in [7, 11) is 0. The van der Waals surface area contributed by atoms with Crippen LogP contribution in [0.2, 0.25) is 0 Å². The number of nitrogens with one attached hydrogen (secondary N) is 1. The number of amides is 1. The summed E-state index contributed by atoms with van der Waals surface area (Å²) >= 11 is 1.62. The van der Waals surface area contributed by atoms with Crippen molar-refractivity contribution in [2.45, 2.75) is 12.2 Å². The zero-order valence-corrected chi connectivity index (χ0v) is 10.0. The van der Waals surface area contributed by atoms with Crippen molar-refractivity contribution in [3.63, 3.8) is 0 Å². The third-order valence-corrected chi connectivity index (χ3v) is 2.88. The second-order valence-electron chi connectivity index (χ2n) is 3.28. The highest BCUT2D eigenvalue weighted by molar-refractivity contribution is 7.99. The van der Waals surface area contributed by atoms with Crippen LogP contribution in [0.3, 0.4) is 0 Å². The number of hydrogen-bond donors (Lipinski definition) is 1. The van der Waals surface area contributed by atoms with Gasteiger partial charge in [0.05, 0.1) is 0 Å². The number of ether oxygens (including phenoxy) is 1. The van der Waals surface area contributed by atoms with Gasteiger partial charge in [-0.25, -0.2) is 9.18 Å². The molecule has 0 unspecified atom stereocenters. The van der Waals surface area contributed by atoms with Gasteiger partial charge in [0.1, 0.15) is 12.4 Å². The van der Waals surface area contributed by atoms with Crippen molar-refractivity contribution in [2.24, 2.45) is 0 Å². The van der Waals surface area contributed by atoms with Crippen molar-refractivity contribution < 1.29 is 13.9 Å². The summed E-state index contributed by atoms with van der Waals surface area (Å²) in [5.74, 6) is -0.338. The monoisotopic (exact) mass is 243 g/mol. The first-order valence-corrected chi connectivity index (χ1v) is 6.12. The molecule has 0 aliphatic rings. The van der Waals surface area contributed by atoms with E-state index in [1.165, 1.54) is 24.3 Å². The fraction of sp³-hybridized carbons (Fsp3) is 0.364. The van der Waals surface area contributed by atoms with Crippen LogP contribution in [-0.2, 0) is 4.74 Å². The lowest BCUT2D eigenvalue weighted by Crippen LogP contribution is -2.18. The lowest BCUT2D eigenvalue weighted by atomic mass is 10.3. The maximum Gasteiger partial charge on any atom is 0.411 e. The molecule has 0 aliphatic carbocycles. The predicted molar refractivity (Wildman–Crippen MR) is 64.3 cm³/mol. The molecular formula is C11H14FNO2S. The van der Waals surface area contributed by atoms with E-state index in [1.54, 1.807) is 11.8 Å². The fourth-order valence-electron chi connectivity index (χ4n) is 0.948. The zero-order valence-electron chi connectivity index (χ0n) is 9.20. The van der Waals surface area contributed by atoms with Crippen LogP contribution in [0, 0.1) is 5.82 Å². The van der Waals surface area contributed by atoms with Gasteiger partial charge in [-0.3, -0.25) is 5.32 Å². The molecule has 0 fully saturated rings. The van der Waals surface area contributed by atoms with Gasteiger partial charge in [-0.2, -0.15) is 11.8 Å². The molecule has 0 saturated heterocycles. The number of rotatable bonds is 4. The highest BCUT2D eigenvalue weighted by atomic mass is 32.2. The van der Waals surface area contributed by atoms with Gasteiger partial charge in [0.15, 0.2) is 0 Å². The van der Waals surface area contributed by atoms with Crippen LogP contribution < -0.4 is 5.32 Å². The number of thioether (sulfide) groups is 1. The highest BCUT2D eigenvalue weighted by Gasteiger charge is 2.06. The second kappa shape index (κ2) is 6.37. The van der Waals surface area contributed by atoms with Gasteiger partial charge < -0.3 is 4.74 Å². The molecule has 0 spiro atoms. The van der Waals surface area contributed by atoms with Crippen molar-refractivity contribution in [1.29, 1.82) is 0 Å². The van der Waals surface area contributed by atoms with Gasteiger partial charge >= 0.3 is 6.09 Å². The summed E-state index contributed by atoms with van der Waals surface area (Å²) in [6.07, 6.45) is 1.43. The molecule has 0 radical (unpaired) electrons. The molecule has 0 heterocycles. The van der Waals surface area contributed by atoms with Crippen LogP contribution >= 0.6 is 11.8 Å². The lowest BCUT2D eigenvalue weighted by molar-refractivity contribution is 0.163. The number of benzene rings is 1. The average Bonchev–Trinajstić information content (AvgIpc) is 2.29. The van der Waals surface area contributed by atoms with Crippen molar-refractivity contribution in [2.75, 3.05) is 18.2 Å². The summed E-state index contributed by atoms with van der Waals surface area (Å²) in [6.45, 7) is 2.32. The van der Waals surface area contributed by atoms with Gasteiger partial charge in [0.2, 0.25) is 0 Å². The molecule has 1 aromatic rings. The SMILES string of the molecule is CS[C@H](C)COC(=O)Nc1ccc(F)cc1. The van der Waals surface area contributed by atoms with E-state index in [4.69, 9.17) is 4.74 Å². The second-order valence-corrected chi connectivity index (χ2v) is 4.55. The first-order chi connectivity index (χ1) is 7.61. The predicted octanol–water partition coefficient (Wildman–Crippen LogP) is 3.13. The first-order valence-electron chi connectivity index (χ1n) is 4.84. The lowest BCUT2D eigenvalue weighted by Gasteiger charge is -2.10. The van der Waals surface area contributed by atoms with Crippen LogP contribution in [0.25, 0.3) is 0 Å². The number of hydrogen-bond acceptors (Lipinski definition) is 3. The average molecular weight is 243 g/mol. The quantitative estimate of drug-likeness (QED) is 0.883. The van der Waals surface area contributed by atoms with Crippen molar-refractivity contribution in [1.82, 2.24) is 0 Å². The van der Waals surface area contributed by atoms with Crippen LogP contribution in [0.4, 0.5) is 14.9 Å². The van der Waals surface area contributed by atoms with Gasteiger partial charge in [-0.05, 0) is 30.5 Å². The summed E-state index contributed by atoms with van der Waals surface area (Å²) < 4.78 is 17.5. The smallest absolute Gasteiger partial charge is 0.411 e. The van der Waals surface area contributed by atoms with E-state index in [2.05, 4.69) is 5.32 Å². The van der Waals surface area contributed by atoms with Crippen LogP contribution in [0.15, 0.2) is 24.3 Å². The standard InChI is InChI=1S/C11H14FNO2S/c1-8(16-2)7-15-11(14)13-10-5-3-9(12)4-6-10/h3-6,8H,7H2,1-2H3,(H,13,14)/t8-/m1/s1. The van der Waals surface area contributed by atoms with Gasteiger partial charge in [-0.15, -0.1) is 0 Å². The Balaban J connectivity index is 2.37. The number of halogens is 1. The number of carbonyl (C=O) groups is 1. The molecule has 1 rings (SSSR count). The molecule has 0 saturated carbocycles. The van der Waals surface area contributed by atoms with Crippen molar-refractivity contribution in [3.05, 3.63) is 30.1 Å². The molecule has 5 heteroatoms. The molecular weight excluding hydrogens is 229 g/mol. The molecule has 1 N–H and O–H groups in total. The van der Waals surface area contributed by atoms with E-state index in [0.717, 1.165) is 0 Å². The third kappa shape index (κ3) is 4.53. The topological polar surface area (TPSA) is 38.3 Å². The van der Waals surface area contributed by atoms with Crippen LogP contribution in [-0.4, -0.2) is 24.2 Å². The molecule has 0 aliphatic heterocycles. The van der Waals surface area contributed by atoms with E-state index in [1.807, 2.05) is 13.2 Å². The molecule has 3 nitrogen and oxygen atoms in total. The molecule has 1 atom stereocenters. The fourth-order valence-corrected chi connectivity index (χ4v) is 1.15. The van der Waals surface area contributed by atoms with Gasteiger partial charge in [0.25, 0.3) is 0 Å². The van der Waals surface area contributed by atoms with E-state index < -0.39 is 6.09 Å².